The Labute approximate surface area is 70.2 Å². The molecule has 0 aliphatic rings. The Balaban J connectivity index is 2.92. The second-order valence-corrected chi connectivity index (χ2v) is 3.12. The third kappa shape index (κ3) is 0.916. The van der Waals surface area contributed by atoms with E-state index in [0.29, 0.717) is 0 Å². The Morgan fingerprint density at radius 1 is 1.17 bits per heavy atom. The molecule has 0 spiro atoms. The molecule has 0 unspecified atom stereocenters. The minimum atomic E-state index is -0.164. The van der Waals surface area contributed by atoms with Gasteiger partial charge in [-0.3, -0.25) is 0 Å². The van der Waals surface area contributed by atoms with E-state index in [1.165, 1.54) is 6.07 Å². The Morgan fingerprint density at radius 3 is 2.67 bits per heavy atom. The van der Waals surface area contributed by atoms with Crippen LogP contribution in [0.4, 0.5) is 4.39 Å². The van der Waals surface area contributed by atoms with Crippen molar-refractivity contribution in [1.29, 1.82) is 0 Å². The number of nitrogens with one attached hydrogen (secondary N) is 1. The number of aromatic amines is 1. The molecule has 1 heterocycles. The number of rotatable bonds is 0. The van der Waals surface area contributed by atoms with E-state index in [2.05, 4.69) is 4.98 Å². The van der Waals surface area contributed by atoms with E-state index >= 15 is 0 Å². The molecule has 0 aliphatic heterocycles. The lowest BCUT2D eigenvalue weighted by Crippen LogP contribution is -1.80. The minimum Gasteiger partial charge on any atom is -0.361 e. The Bertz CT molecular complexity index is 429. The van der Waals surface area contributed by atoms with Crippen LogP contribution >= 0.6 is 0 Å². The predicted octanol–water partition coefficient (Wildman–Crippen LogP) is 2.92. The van der Waals surface area contributed by atoms with E-state index in [9.17, 15) is 4.39 Å². The van der Waals surface area contributed by atoms with Crippen molar-refractivity contribution in [2.24, 2.45) is 0 Å². The molecule has 0 fully saturated rings. The van der Waals surface area contributed by atoms with Crippen LogP contribution in [-0.4, -0.2) is 4.98 Å². The molecule has 2 rings (SSSR count). The predicted molar refractivity (Wildman–Crippen MR) is 47.7 cm³/mol. The average Bonchev–Trinajstić information content (AvgIpc) is 2.33. The topological polar surface area (TPSA) is 15.8 Å². The van der Waals surface area contributed by atoms with Gasteiger partial charge in [0.15, 0.2) is 0 Å². The second kappa shape index (κ2) is 2.34. The summed E-state index contributed by atoms with van der Waals surface area (Å²) in [6.45, 7) is 3.87. The Hall–Kier alpha value is -1.31. The van der Waals surface area contributed by atoms with Crippen LogP contribution in [0, 0.1) is 19.7 Å². The first kappa shape index (κ1) is 7.35. The summed E-state index contributed by atoms with van der Waals surface area (Å²) < 4.78 is 12.9. The van der Waals surface area contributed by atoms with Gasteiger partial charge in [0.2, 0.25) is 0 Å². The number of aromatic nitrogens is 1. The summed E-state index contributed by atoms with van der Waals surface area (Å²) in [5.74, 6) is -0.164. The molecule has 2 heteroatoms. The fourth-order valence-electron chi connectivity index (χ4n) is 1.50. The van der Waals surface area contributed by atoms with Crippen LogP contribution in [0.5, 0.6) is 0 Å². The van der Waals surface area contributed by atoms with Gasteiger partial charge < -0.3 is 4.98 Å². The lowest BCUT2D eigenvalue weighted by atomic mass is 10.1. The molecule has 1 N–H and O–H groups in total. The van der Waals surface area contributed by atoms with Crippen molar-refractivity contribution in [1.82, 2.24) is 4.98 Å². The molecule has 0 saturated carbocycles. The molecular weight excluding hydrogens is 153 g/mol. The van der Waals surface area contributed by atoms with Gasteiger partial charge in [0, 0.05) is 17.1 Å². The van der Waals surface area contributed by atoms with Gasteiger partial charge in [-0.05, 0) is 37.1 Å². The van der Waals surface area contributed by atoms with Crippen LogP contribution in [0.2, 0.25) is 0 Å². The number of H-pyrrole nitrogens is 1. The zero-order chi connectivity index (χ0) is 8.72. The van der Waals surface area contributed by atoms with Crippen molar-refractivity contribution in [3.05, 3.63) is 35.3 Å². The number of fused-ring (bicyclic) bond motifs is 1. The number of hydrogen-bond acceptors (Lipinski definition) is 0. The van der Waals surface area contributed by atoms with Gasteiger partial charge in [0.05, 0.1) is 0 Å². The van der Waals surface area contributed by atoms with Gasteiger partial charge in [-0.15, -0.1) is 0 Å². The average molecular weight is 163 g/mol. The first-order valence-electron chi connectivity index (χ1n) is 3.92. The number of aryl methyl sites for hydroxylation is 2. The second-order valence-electron chi connectivity index (χ2n) is 3.12. The van der Waals surface area contributed by atoms with Crippen molar-refractivity contribution in [3.63, 3.8) is 0 Å². The highest BCUT2D eigenvalue weighted by molar-refractivity contribution is 5.85. The highest BCUT2D eigenvalue weighted by Crippen LogP contribution is 2.21. The van der Waals surface area contributed by atoms with Gasteiger partial charge in [-0.25, -0.2) is 4.39 Å². The van der Waals surface area contributed by atoms with Crippen molar-refractivity contribution < 1.29 is 4.39 Å². The van der Waals surface area contributed by atoms with E-state index in [-0.39, 0.29) is 5.82 Å². The summed E-state index contributed by atoms with van der Waals surface area (Å²) in [4.78, 5) is 3.12. The molecule has 0 aliphatic carbocycles. The van der Waals surface area contributed by atoms with E-state index in [1.807, 2.05) is 20.0 Å². The Kier molecular flexibility index (Phi) is 1.43. The maximum Gasteiger partial charge on any atom is 0.124 e. The largest absolute Gasteiger partial charge is 0.361 e. The molecule has 0 bridgehead atoms. The van der Waals surface area contributed by atoms with Gasteiger partial charge in [0.25, 0.3) is 0 Å². The van der Waals surface area contributed by atoms with E-state index in [0.717, 1.165) is 22.0 Å². The molecule has 0 saturated heterocycles. The van der Waals surface area contributed by atoms with Crippen LogP contribution in [0.15, 0.2) is 18.3 Å². The van der Waals surface area contributed by atoms with Crippen molar-refractivity contribution >= 4 is 10.9 Å². The fraction of sp³-hybridized carbons (Fsp3) is 0.200. The molecule has 2 aromatic rings. The van der Waals surface area contributed by atoms with Gasteiger partial charge in [-0.2, -0.15) is 0 Å². The fourth-order valence-corrected chi connectivity index (χ4v) is 1.50. The smallest absolute Gasteiger partial charge is 0.124 e. The normalized spacial score (nSPS) is 10.9. The Morgan fingerprint density at radius 2 is 1.92 bits per heavy atom. The van der Waals surface area contributed by atoms with E-state index < -0.39 is 0 Å². The van der Waals surface area contributed by atoms with Crippen LogP contribution in [0.1, 0.15) is 11.1 Å². The molecule has 1 aromatic heterocycles. The number of hydrogen-bond donors (Lipinski definition) is 1. The first-order chi connectivity index (χ1) is 5.68. The molecule has 12 heavy (non-hydrogen) atoms. The van der Waals surface area contributed by atoms with Gasteiger partial charge in [-0.1, -0.05) is 0 Å². The summed E-state index contributed by atoms with van der Waals surface area (Å²) in [6, 6.07) is 3.10. The highest BCUT2D eigenvalue weighted by atomic mass is 19.1. The van der Waals surface area contributed by atoms with Crippen molar-refractivity contribution in [2.45, 2.75) is 13.8 Å². The van der Waals surface area contributed by atoms with Gasteiger partial charge in [0.1, 0.15) is 5.82 Å². The highest BCUT2D eigenvalue weighted by Gasteiger charge is 2.03. The molecule has 0 atom stereocenters. The third-order valence-electron chi connectivity index (χ3n) is 2.16. The maximum absolute atomic E-state index is 12.9. The summed E-state index contributed by atoms with van der Waals surface area (Å²) in [5, 5.41) is 0.979. The molecule has 0 amide bonds. The van der Waals surface area contributed by atoms with Crippen molar-refractivity contribution in [3.8, 4) is 0 Å². The molecule has 0 radical (unpaired) electrons. The zero-order valence-electron chi connectivity index (χ0n) is 7.11. The van der Waals surface area contributed by atoms with Crippen LogP contribution in [-0.2, 0) is 0 Å². The molecule has 62 valence electrons. The summed E-state index contributed by atoms with van der Waals surface area (Å²) in [6.07, 6.45) is 1.90. The quantitative estimate of drug-likeness (QED) is 0.614. The summed E-state index contributed by atoms with van der Waals surface area (Å²) >= 11 is 0. The number of halogens is 1. The first-order valence-corrected chi connectivity index (χ1v) is 3.92. The lowest BCUT2D eigenvalue weighted by molar-refractivity contribution is 0.628. The zero-order valence-corrected chi connectivity index (χ0v) is 7.11. The molecule has 1 nitrogen and oxygen atoms in total. The SMILES string of the molecule is Cc1c[nH]c2c(C)cc(F)cc12. The third-order valence-corrected chi connectivity index (χ3v) is 2.16. The van der Waals surface area contributed by atoms with E-state index in [4.69, 9.17) is 0 Å². The van der Waals surface area contributed by atoms with E-state index in [1.54, 1.807) is 6.07 Å². The summed E-state index contributed by atoms with van der Waals surface area (Å²) in [5.41, 5.74) is 3.08. The lowest BCUT2D eigenvalue weighted by Gasteiger charge is -1.96. The standard InChI is InChI=1S/C10H10FN/c1-6-3-8(11)4-9-7(2)5-12-10(6)9/h3-5,12H,1-2H3. The van der Waals surface area contributed by atoms with Gasteiger partial charge >= 0.3 is 0 Å². The van der Waals surface area contributed by atoms with Crippen LogP contribution < -0.4 is 0 Å². The monoisotopic (exact) mass is 163 g/mol. The number of benzene rings is 1. The maximum atomic E-state index is 12.9. The van der Waals surface area contributed by atoms with Crippen LogP contribution in [0.3, 0.4) is 0 Å². The summed E-state index contributed by atoms with van der Waals surface area (Å²) in [7, 11) is 0. The minimum absolute atomic E-state index is 0.164. The van der Waals surface area contributed by atoms with Crippen molar-refractivity contribution in [2.75, 3.05) is 0 Å². The van der Waals surface area contributed by atoms with Crippen LogP contribution in [0.25, 0.3) is 10.9 Å². The molecular formula is C10H10FN. The molecule has 1 aromatic carbocycles.